The van der Waals surface area contributed by atoms with E-state index in [1.165, 1.54) is 24.3 Å². The SMILES string of the molecule is C[C@@H]1NC(C)(C)CO[C@@]1(O)c1cccc(Cl)c1.Cc1ccc(C(=O)C(O)(C(=O)O)C(O)(C(=O)O)C(=O)c2ccc(C)cc2)cc1. The van der Waals surface area contributed by atoms with Gasteiger partial charge in [0.05, 0.1) is 12.6 Å². The van der Waals surface area contributed by atoms with Crippen LogP contribution in [-0.4, -0.2) is 78.4 Å². The van der Waals surface area contributed by atoms with Crippen molar-refractivity contribution in [3.8, 4) is 0 Å². The lowest BCUT2D eigenvalue weighted by molar-refractivity contribution is -0.263. The summed E-state index contributed by atoms with van der Waals surface area (Å²) in [5.74, 6) is -9.33. The number of hydrogen-bond acceptors (Lipinski definition) is 9. The fraction of sp³-hybridized carbons (Fsp3) is 0.333. The van der Waals surface area contributed by atoms with Gasteiger partial charge in [0, 0.05) is 27.3 Å². The van der Waals surface area contributed by atoms with Crippen LogP contribution in [0.5, 0.6) is 0 Å². The monoisotopic (exact) mass is 641 g/mol. The van der Waals surface area contributed by atoms with Gasteiger partial charge in [0.15, 0.2) is 0 Å². The molecule has 11 nitrogen and oxygen atoms in total. The average molecular weight is 642 g/mol. The molecule has 0 radical (unpaired) electrons. The topological polar surface area (TPSA) is 191 Å². The van der Waals surface area contributed by atoms with Crippen molar-refractivity contribution in [1.82, 2.24) is 5.32 Å². The van der Waals surface area contributed by atoms with Gasteiger partial charge in [0.1, 0.15) is 0 Å². The molecule has 0 amide bonds. The van der Waals surface area contributed by atoms with Crippen molar-refractivity contribution in [2.45, 2.75) is 63.2 Å². The highest BCUT2D eigenvalue weighted by Crippen LogP contribution is 2.34. The van der Waals surface area contributed by atoms with E-state index >= 15 is 0 Å². The smallest absolute Gasteiger partial charge is 0.348 e. The average Bonchev–Trinajstić information content (AvgIpc) is 2.98. The Bertz CT molecular complexity index is 1510. The van der Waals surface area contributed by atoms with Crippen LogP contribution in [-0.2, 0) is 20.1 Å². The van der Waals surface area contributed by atoms with Crippen LogP contribution in [0.15, 0.2) is 72.8 Å². The number of halogens is 1. The second-order valence-corrected chi connectivity index (χ2v) is 12.1. The van der Waals surface area contributed by atoms with E-state index in [-0.39, 0.29) is 22.7 Å². The highest BCUT2D eigenvalue weighted by Gasteiger charge is 2.69. The van der Waals surface area contributed by atoms with E-state index in [1.54, 1.807) is 26.0 Å². The molecule has 1 aliphatic heterocycles. The molecule has 6 N–H and O–H groups in total. The van der Waals surface area contributed by atoms with Crippen molar-refractivity contribution < 1.29 is 49.4 Å². The predicted molar refractivity (Wildman–Crippen MR) is 164 cm³/mol. The number of carboxylic acids is 2. The third-order valence-corrected chi connectivity index (χ3v) is 7.75. The molecule has 3 aromatic carbocycles. The second kappa shape index (κ2) is 13.2. The van der Waals surface area contributed by atoms with Crippen molar-refractivity contribution in [2.24, 2.45) is 0 Å². The zero-order valence-electron chi connectivity index (χ0n) is 25.4. The van der Waals surface area contributed by atoms with E-state index in [0.29, 0.717) is 28.3 Å². The number of aliphatic hydroxyl groups is 3. The summed E-state index contributed by atoms with van der Waals surface area (Å²) in [6.07, 6.45) is 0. The Kier molecular flexibility index (Phi) is 10.4. The molecule has 4 atom stereocenters. The van der Waals surface area contributed by atoms with Gasteiger partial charge < -0.3 is 35.6 Å². The zero-order valence-corrected chi connectivity index (χ0v) is 26.1. The first-order chi connectivity index (χ1) is 20.8. The zero-order chi connectivity index (χ0) is 34.0. The highest BCUT2D eigenvalue weighted by molar-refractivity contribution is 6.30. The van der Waals surface area contributed by atoms with Gasteiger partial charge in [-0.3, -0.25) is 9.59 Å². The number of carboxylic acid groups (broad SMARTS) is 2. The van der Waals surface area contributed by atoms with E-state index in [1.807, 2.05) is 32.9 Å². The Hall–Kier alpha value is -3.97. The lowest BCUT2D eigenvalue weighted by atomic mass is 9.73. The fourth-order valence-corrected chi connectivity index (χ4v) is 5.04. The Morgan fingerprint density at radius 2 is 1.24 bits per heavy atom. The Morgan fingerprint density at radius 3 is 1.60 bits per heavy atom. The first kappa shape index (κ1) is 35.5. The number of nitrogens with one attached hydrogen (secondary N) is 1. The molecule has 1 saturated heterocycles. The highest BCUT2D eigenvalue weighted by atomic mass is 35.5. The van der Waals surface area contributed by atoms with Crippen LogP contribution in [0.4, 0.5) is 0 Å². The molecular weight excluding hydrogens is 606 g/mol. The number of ether oxygens (including phenoxy) is 1. The molecule has 0 saturated carbocycles. The second-order valence-electron chi connectivity index (χ2n) is 11.7. The van der Waals surface area contributed by atoms with Crippen LogP contribution < -0.4 is 5.32 Å². The van der Waals surface area contributed by atoms with E-state index < -0.39 is 40.5 Å². The number of aliphatic carboxylic acids is 2. The molecule has 0 aromatic heterocycles. The maximum atomic E-state index is 12.8. The first-order valence-electron chi connectivity index (χ1n) is 13.8. The maximum absolute atomic E-state index is 12.8. The predicted octanol–water partition coefficient (Wildman–Crippen LogP) is 3.27. The molecule has 1 aliphatic rings. The number of Topliss-reactive ketones (excluding diaryl/α,β-unsaturated/α-hetero) is 2. The summed E-state index contributed by atoms with van der Waals surface area (Å²) in [7, 11) is 0. The molecule has 1 fully saturated rings. The third kappa shape index (κ3) is 6.99. The van der Waals surface area contributed by atoms with Gasteiger partial charge in [-0.05, 0) is 46.8 Å². The van der Waals surface area contributed by atoms with Crippen LogP contribution in [0.2, 0.25) is 5.02 Å². The normalized spacial score (nSPS) is 21.7. The summed E-state index contributed by atoms with van der Waals surface area (Å²) in [5, 5.41) is 54.9. The van der Waals surface area contributed by atoms with Crippen molar-refractivity contribution in [3.63, 3.8) is 0 Å². The number of hydrogen-bond donors (Lipinski definition) is 6. The molecule has 2 unspecified atom stereocenters. The Balaban J connectivity index is 0.000000276. The summed E-state index contributed by atoms with van der Waals surface area (Å²) in [5.41, 5.74) is -6.73. The molecule has 4 rings (SSSR count). The molecule has 0 spiro atoms. The van der Waals surface area contributed by atoms with Gasteiger partial charge in [0.25, 0.3) is 11.2 Å². The Labute approximate surface area is 265 Å². The summed E-state index contributed by atoms with van der Waals surface area (Å²) >= 11 is 5.94. The number of rotatable bonds is 8. The van der Waals surface area contributed by atoms with Gasteiger partial charge in [0.2, 0.25) is 17.4 Å². The number of benzene rings is 3. The van der Waals surface area contributed by atoms with Gasteiger partial charge in [-0.2, -0.15) is 0 Å². The number of ketones is 2. The first-order valence-corrected chi connectivity index (χ1v) is 14.2. The van der Waals surface area contributed by atoms with Gasteiger partial charge in [-0.25, -0.2) is 9.59 Å². The van der Waals surface area contributed by atoms with Gasteiger partial charge >= 0.3 is 11.9 Å². The third-order valence-electron chi connectivity index (χ3n) is 7.51. The maximum Gasteiger partial charge on any atom is 0.348 e. The minimum Gasteiger partial charge on any atom is -0.479 e. The summed E-state index contributed by atoms with van der Waals surface area (Å²) < 4.78 is 5.67. The Morgan fingerprint density at radius 1 is 0.822 bits per heavy atom. The lowest BCUT2D eigenvalue weighted by Crippen LogP contribution is -2.71. The van der Waals surface area contributed by atoms with Crippen LogP contribution in [0, 0.1) is 13.8 Å². The van der Waals surface area contributed by atoms with E-state index in [9.17, 15) is 44.7 Å². The van der Waals surface area contributed by atoms with Crippen LogP contribution in [0.1, 0.15) is 58.2 Å². The molecule has 0 aliphatic carbocycles. The summed E-state index contributed by atoms with van der Waals surface area (Å²) in [4.78, 5) is 49.1. The minimum atomic E-state index is -3.96. The number of aryl methyl sites for hydroxylation is 2. The van der Waals surface area contributed by atoms with Crippen LogP contribution in [0.3, 0.4) is 0 Å². The van der Waals surface area contributed by atoms with Crippen LogP contribution in [0.25, 0.3) is 0 Å². The molecule has 45 heavy (non-hydrogen) atoms. The van der Waals surface area contributed by atoms with Crippen molar-refractivity contribution in [3.05, 3.63) is 106 Å². The van der Waals surface area contributed by atoms with E-state index in [4.69, 9.17) is 16.3 Å². The van der Waals surface area contributed by atoms with E-state index in [0.717, 1.165) is 24.3 Å². The fourth-order valence-electron chi connectivity index (χ4n) is 4.85. The largest absolute Gasteiger partial charge is 0.479 e. The number of morpholine rings is 1. The quantitative estimate of drug-likeness (QED) is 0.156. The van der Waals surface area contributed by atoms with Crippen molar-refractivity contribution in [1.29, 1.82) is 0 Å². The molecule has 12 heteroatoms. The standard InChI is InChI=1S/C20H18O8.C13H18ClNO2/c1-11-3-7-13(8-4-11)15(21)19(27,17(23)24)20(28,18(25)26)16(22)14-9-5-12(2)6-10-14;1-9-13(16,17-8-12(2,3)15-9)10-5-4-6-11(14)7-10/h3-10,27-28H,1-2H3,(H,23,24)(H,25,26);4-7,9,15-16H,8H2,1-3H3/t;9-,13+/m.0/s1. The lowest BCUT2D eigenvalue weighted by Gasteiger charge is -2.46. The van der Waals surface area contributed by atoms with Gasteiger partial charge in [-0.15, -0.1) is 0 Å². The molecule has 1 heterocycles. The summed E-state index contributed by atoms with van der Waals surface area (Å²) in [6, 6.07) is 17.3. The molecular formula is C33H36ClNO10. The van der Waals surface area contributed by atoms with E-state index in [2.05, 4.69) is 5.32 Å². The van der Waals surface area contributed by atoms with Crippen molar-refractivity contribution in [2.75, 3.05) is 6.61 Å². The number of carbonyl (C=O) groups excluding carboxylic acids is 2. The molecule has 3 aromatic rings. The van der Waals surface area contributed by atoms with Crippen LogP contribution >= 0.6 is 11.6 Å². The minimum absolute atomic E-state index is 0.135. The van der Waals surface area contributed by atoms with Gasteiger partial charge in [-0.1, -0.05) is 83.4 Å². The molecule has 240 valence electrons. The summed E-state index contributed by atoms with van der Waals surface area (Å²) in [6.45, 7) is 9.81. The molecule has 0 bridgehead atoms. The van der Waals surface area contributed by atoms with Crippen molar-refractivity contribution >= 4 is 35.1 Å². The number of carbonyl (C=O) groups is 4.